The first-order chi connectivity index (χ1) is 12.4. The van der Waals surface area contributed by atoms with Gasteiger partial charge >= 0.3 is 5.97 Å². The minimum Gasteiger partial charge on any atom is -0.459 e. The Bertz CT molecular complexity index is 1040. The lowest BCUT2D eigenvalue weighted by atomic mass is 10.2. The van der Waals surface area contributed by atoms with Crippen molar-refractivity contribution < 1.29 is 14.3 Å². The number of carbonyl (C=O) groups excluding carboxylic acids is 2. The lowest BCUT2D eigenvalue weighted by Crippen LogP contribution is -2.16. The number of ether oxygens (including phenoxy) is 1. The van der Waals surface area contributed by atoms with Gasteiger partial charge in [0, 0.05) is 23.6 Å². The molecule has 0 amide bonds. The number of hydrogen-bond donors (Lipinski definition) is 0. The molecule has 0 aliphatic heterocycles. The highest BCUT2D eigenvalue weighted by Crippen LogP contribution is 2.17. The van der Waals surface area contributed by atoms with Gasteiger partial charge in [-0.1, -0.05) is 0 Å². The van der Waals surface area contributed by atoms with E-state index in [4.69, 9.17) is 4.74 Å². The highest BCUT2D eigenvalue weighted by atomic mass is 32.1. The molecule has 7 heteroatoms. The predicted molar refractivity (Wildman–Crippen MR) is 98.6 cm³/mol. The minimum atomic E-state index is -0.488. The highest BCUT2D eigenvalue weighted by molar-refractivity contribution is 7.14. The fourth-order valence-corrected chi connectivity index (χ4v) is 3.31. The van der Waals surface area contributed by atoms with E-state index in [-0.39, 0.29) is 30.8 Å². The molecule has 0 unspecified atom stereocenters. The van der Waals surface area contributed by atoms with Crippen LogP contribution >= 0.6 is 11.3 Å². The Kier molecular flexibility index (Phi) is 5.27. The van der Waals surface area contributed by atoms with E-state index < -0.39 is 5.97 Å². The highest BCUT2D eigenvalue weighted by Gasteiger charge is 2.12. The van der Waals surface area contributed by atoms with Crippen molar-refractivity contribution in [3.8, 4) is 0 Å². The standard InChI is InChI=1S/C19H18N2O4S/c1-12-7-8-21-17(9-12)20-14(10-18(21)23)11-25-19(24)6-4-15(22)16-5-3-13(2)26-16/h3,5,7-10H,4,6,11H2,1-2H3. The van der Waals surface area contributed by atoms with Gasteiger partial charge in [0.05, 0.1) is 17.0 Å². The SMILES string of the molecule is Cc1ccn2c(=O)cc(COC(=O)CCC(=O)c3ccc(C)s3)nc2c1. The second-order valence-corrected chi connectivity index (χ2v) is 7.30. The number of aromatic nitrogens is 2. The van der Waals surface area contributed by atoms with Crippen LogP contribution in [0, 0.1) is 13.8 Å². The topological polar surface area (TPSA) is 77.7 Å². The summed E-state index contributed by atoms with van der Waals surface area (Å²) in [5, 5.41) is 0. The zero-order chi connectivity index (χ0) is 18.7. The van der Waals surface area contributed by atoms with Crippen molar-refractivity contribution in [2.75, 3.05) is 0 Å². The van der Waals surface area contributed by atoms with Gasteiger partial charge in [0.2, 0.25) is 0 Å². The number of fused-ring (bicyclic) bond motifs is 1. The molecule has 0 atom stereocenters. The summed E-state index contributed by atoms with van der Waals surface area (Å²) < 4.78 is 6.59. The number of pyridine rings is 1. The lowest BCUT2D eigenvalue weighted by molar-refractivity contribution is -0.145. The summed E-state index contributed by atoms with van der Waals surface area (Å²) in [6.45, 7) is 3.74. The lowest BCUT2D eigenvalue weighted by Gasteiger charge is -2.06. The molecule has 0 radical (unpaired) electrons. The molecule has 3 rings (SSSR count). The fraction of sp³-hybridized carbons (Fsp3) is 0.263. The monoisotopic (exact) mass is 370 g/mol. The molecule has 26 heavy (non-hydrogen) atoms. The van der Waals surface area contributed by atoms with Crippen molar-refractivity contribution >= 4 is 28.7 Å². The van der Waals surface area contributed by atoms with Crippen LogP contribution in [-0.4, -0.2) is 21.1 Å². The molecule has 0 saturated heterocycles. The molecule has 0 bridgehead atoms. The second kappa shape index (κ2) is 7.61. The van der Waals surface area contributed by atoms with Crippen LogP contribution in [0.4, 0.5) is 0 Å². The van der Waals surface area contributed by atoms with Crippen LogP contribution in [0.25, 0.3) is 5.65 Å². The van der Waals surface area contributed by atoms with Crippen LogP contribution in [0.5, 0.6) is 0 Å². The number of esters is 1. The molecule has 0 N–H and O–H groups in total. The van der Waals surface area contributed by atoms with E-state index >= 15 is 0 Å². The van der Waals surface area contributed by atoms with Crippen LogP contribution in [0.2, 0.25) is 0 Å². The largest absolute Gasteiger partial charge is 0.459 e. The number of Topliss-reactive ketones (excluding diaryl/α,β-unsaturated/α-hetero) is 1. The maximum atomic E-state index is 12.1. The van der Waals surface area contributed by atoms with E-state index in [1.165, 1.54) is 21.8 Å². The van der Waals surface area contributed by atoms with E-state index in [0.717, 1.165) is 10.4 Å². The third-order valence-electron chi connectivity index (χ3n) is 3.83. The fourth-order valence-electron chi connectivity index (χ4n) is 2.48. The molecule has 0 fully saturated rings. The summed E-state index contributed by atoms with van der Waals surface area (Å²) in [7, 11) is 0. The quantitative estimate of drug-likeness (QED) is 0.492. The van der Waals surface area contributed by atoms with Crippen molar-refractivity contribution in [2.45, 2.75) is 33.3 Å². The summed E-state index contributed by atoms with van der Waals surface area (Å²) in [6.07, 6.45) is 1.76. The Morgan fingerprint density at radius 3 is 2.69 bits per heavy atom. The number of thiophene rings is 1. The summed E-state index contributed by atoms with van der Waals surface area (Å²) in [4.78, 5) is 42.0. The molecule has 0 aromatic carbocycles. The summed E-state index contributed by atoms with van der Waals surface area (Å²) in [5.74, 6) is -0.560. The van der Waals surface area contributed by atoms with Crippen LogP contribution < -0.4 is 5.56 Å². The normalized spacial score (nSPS) is 10.8. The van der Waals surface area contributed by atoms with Crippen molar-refractivity contribution in [1.82, 2.24) is 9.38 Å². The number of carbonyl (C=O) groups is 2. The van der Waals surface area contributed by atoms with Crippen molar-refractivity contribution in [3.63, 3.8) is 0 Å². The van der Waals surface area contributed by atoms with Gasteiger partial charge in [0.25, 0.3) is 5.56 Å². The van der Waals surface area contributed by atoms with Gasteiger partial charge in [-0.3, -0.25) is 18.8 Å². The van der Waals surface area contributed by atoms with E-state index in [1.807, 2.05) is 26.0 Å². The molecule has 0 saturated carbocycles. The first-order valence-electron chi connectivity index (χ1n) is 8.16. The molecule has 0 spiro atoms. The second-order valence-electron chi connectivity index (χ2n) is 6.01. The van der Waals surface area contributed by atoms with Gasteiger partial charge in [-0.05, 0) is 43.7 Å². The summed E-state index contributed by atoms with van der Waals surface area (Å²) in [5.41, 5.74) is 1.64. The van der Waals surface area contributed by atoms with Crippen molar-refractivity contribution in [2.24, 2.45) is 0 Å². The number of ketones is 1. The van der Waals surface area contributed by atoms with Crippen LogP contribution in [0.15, 0.2) is 41.3 Å². The Balaban J connectivity index is 1.58. The summed E-state index contributed by atoms with van der Waals surface area (Å²) >= 11 is 1.41. The Morgan fingerprint density at radius 1 is 1.15 bits per heavy atom. The van der Waals surface area contributed by atoms with Crippen LogP contribution in [-0.2, 0) is 16.1 Å². The molecular weight excluding hydrogens is 352 g/mol. The zero-order valence-electron chi connectivity index (χ0n) is 14.5. The zero-order valence-corrected chi connectivity index (χ0v) is 15.3. The smallest absolute Gasteiger partial charge is 0.306 e. The number of hydrogen-bond acceptors (Lipinski definition) is 6. The molecule has 3 aromatic rings. The molecule has 6 nitrogen and oxygen atoms in total. The average molecular weight is 370 g/mol. The summed E-state index contributed by atoms with van der Waals surface area (Å²) in [6, 6.07) is 8.59. The van der Waals surface area contributed by atoms with Gasteiger partial charge in [0.1, 0.15) is 12.3 Å². The van der Waals surface area contributed by atoms with Gasteiger partial charge in [-0.15, -0.1) is 11.3 Å². The van der Waals surface area contributed by atoms with Crippen molar-refractivity contribution in [1.29, 1.82) is 0 Å². The van der Waals surface area contributed by atoms with Gasteiger partial charge in [-0.2, -0.15) is 0 Å². The maximum Gasteiger partial charge on any atom is 0.306 e. The van der Waals surface area contributed by atoms with Crippen LogP contribution in [0.1, 0.15) is 38.6 Å². The Hall–Kier alpha value is -2.80. The number of aryl methyl sites for hydroxylation is 2. The molecule has 0 aliphatic rings. The minimum absolute atomic E-state index is 0.00144. The molecule has 134 valence electrons. The third kappa shape index (κ3) is 4.23. The van der Waals surface area contributed by atoms with E-state index in [0.29, 0.717) is 16.2 Å². The Labute approximate surface area is 154 Å². The van der Waals surface area contributed by atoms with Gasteiger partial charge < -0.3 is 4.74 Å². The third-order valence-corrected chi connectivity index (χ3v) is 4.87. The number of nitrogens with zero attached hydrogens (tertiary/aromatic N) is 2. The predicted octanol–water partition coefficient (Wildman–Crippen LogP) is 3.08. The Morgan fingerprint density at radius 2 is 1.96 bits per heavy atom. The van der Waals surface area contributed by atoms with Gasteiger partial charge in [-0.25, -0.2) is 4.98 Å². The average Bonchev–Trinajstić information content (AvgIpc) is 3.04. The maximum absolute atomic E-state index is 12.1. The first kappa shape index (κ1) is 18.0. The molecule has 3 aromatic heterocycles. The molecular formula is C19H18N2O4S. The van der Waals surface area contributed by atoms with Crippen LogP contribution in [0.3, 0.4) is 0 Å². The van der Waals surface area contributed by atoms with E-state index in [1.54, 1.807) is 18.3 Å². The van der Waals surface area contributed by atoms with Gasteiger partial charge in [0.15, 0.2) is 5.78 Å². The number of rotatable bonds is 6. The van der Waals surface area contributed by atoms with E-state index in [9.17, 15) is 14.4 Å². The first-order valence-corrected chi connectivity index (χ1v) is 8.98. The molecule has 3 heterocycles. The van der Waals surface area contributed by atoms with E-state index in [2.05, 4.69) is 4.98 Å². The van der Waals surface area contributed by atoms with Crippen molar-refractivity contribution in [3.05, 3.63) is 67.9 Å². The molecule has 0 aliphatic carbocycles.